The monoisotopic (exact) mass is 307 g/mol. The van der Waals surface area contributed by atoms with E-state index >= 15 is 0 Å². The summed E-state index contributed by atoms with van der Waals surface area (Å²) in [5.41, 5.74) is 2.12. The molecule has 7 heteroatoms. The van der Waals surface area contributed by atoms with Gasteiger partial charge in [-0.25, -0.2) is 0 Å². The molecule has 0 fully saturated rings. The molecule has 0 aliphatic rings. The SMILES string of the molecule is COc1ccc(COc2ccc(C#N)cc2-n2cnnn2)cc1. The van der Waals surface area contributed by atoms with Crippen molar-refractivity contribution in [2.75, 3.05) is 7.11 Å². The molecule has 3 rings (SSSR count). The van der Waals surface area contributed by atoms with Gasteiger partial charge in [0.1, 0.15) is 30.1 Å². The average Bonchev–Trinajstić information content (AvgIpc) is 3.14. The lowest BCUT2D eigenvalue weighted by Gasteiger charge is -2.11. The van der Waals surface area contributed by atoms with Crippen LogP contribution in [0, 0.1) is 11.3 Å². The van der Waals surface area contributed by atoms with Crippen molar-refractivity contribution in [2.24, 2.45) is 0 Å². The molecule has 2 aromatic carbocycles. The maximum atomic E-state index is 9.04. The molecule has 114 valence electrons. The Balaban J connectivity index is 1.83. The number of aromatic nitrogens is 4. The van der Waals surface area contributed by atoms with E-state index in [-0.39, 0.29) is 0 Å². The smallest absolute Gasteiger partial charge is 0.145 e. The van der Waals surface area contributed by atoms with Gasteiger partial charge in [-0.1, -0.05) is 12.1 Å². The van der Waals surface area contributed by atoms with Crippen LogP contribution in [0.3, 0.4) is 0 Å². The Kier molecular flexibility index (Phi) is 4.16. The zero-order valence-electron chi connectivity index (χ0n) is 12.4. The van der Waals surface area contributed by atoms with E-state index in [1.165, 1.54) is 11.0 Å². The van der Waals surface area contributed by atoms with E-state index in [2.05, 4.69) is 21.6 Å². The molecular formula is C16H13N5O2. The third kappa shape index (κ3) is 3.27. The van der Waals surface area contributed by atoms with Gasteiger partial charge in [-0.05, 0) is 46.3 Å². The summed E-state index contributed by atoms with van der Waals surface area (Å²) < 4.78 is 12.4. The van der Waals surface area contributed by atoms with Crippen molar-refractivity contribution in [3.63, 3.8) is 0 Å². The minimum Gasteiger partial charge on any atom is -0.497 e. The first-order chi connectivity index (χ1) is 11.3. The average molecular weight is 307 g/mol. The minimum absolute atomic E-state index is 0.380. The summed E-state index contributed by atoms with van der Waals surface area (Å²) in [6.45, 7) is 0.380. The second-order valence-electron chi connectivity index (χ2n) is 4.69. The zero-order chi connectivity index (χ0) is 16.1. The number of hydrogen-bond donors (Lipinski definition) is 0. The number of methoxy groups -OCH3 is 1. The fraction of sp³-hybridized carbons (Fsp3) is 0.125. The van der Waals surface area contributed by atoms with Gasteiger partial charge in [0.15, 0.2) is 0 Å². The van der Waals surface area contributed by atoms with Crippen LogP contribution < -0.4 is 9.47 Å². The molecule has 23 heavy (non-hydrogen) atoms. The van der Waals surface area contributed by atoms with E-state index in [9.17, 15) is 0 Å². The molecule has 0 saturated heterocycles. The minimum atomic E-state index is 0.380. The largest absolute Gasteiger partial charge is 0.497 e. The first kappa shape index (κ1) is 14.5. The van der Waals surface area contributed by atoms with Gasteiger partial charge in [0, 0.05) is 0 Å². The van der Waals surface area contributed by atoms with Crippen LogP contribution in [0.4, 0.5) is 0 Å². The Bertz CT molecular complexity index is 823. The summed E-state index contributed by atoms with van der Waals surface area (Å²) in [7, 11) is 1.63. The second-order valence-corrected chi connectivity index (χ2v) is 4.69. The Morgan fingerprint density at radius 1 is 1.17 bits per heavy atom. The predicted molar refractivity (Wildman–Crippen MR) is 81.2 cm³/mol. The van der Waals surface area contributed by atoms with Crippen molar-refractivity contribution < 1.29 is 9.47 Å². The molecule has 0 bridgehead atoms. The van der Waals surface area contributed by atoms with Crippen LogP contribution in [-0.2, 0) is 6.61 Å². The fourth-order valence-electron chi connectivity index (χ4n) is 2.04. The fourth-order valence-corrected chi connectivity index (χ4v) is 2.04. The normalized spacial score (nSPS) is 10.1. The molecule has 0 aliphatic carbocycles. The van der Waals surface area contributed by atoms with Gasteiger partial charge in [-0.15, -0.1) is 5.10 Å². The number of tetrazole rings is 1. The van der Waals surface area contributed by atoms with Gasteiger partial charge in [0.2, 0.25) is 0 Å². The standard InChI is InChI=1S/C16H13N5O2/c1-22-14-5-2-12(3-6-14)10-23-16-7-4-13(9-17)8-15(16)21-11-18-19-20-21/h2-8,11H,10H2,1H3. The summed E-state index contributed by atoms with van der Waals surface area (Å²) in [5.74, 6) is 1.38. The maximum absolute atomic E-state index is 9.04. The first-order valence-electron chi connectivity index (χ1n) is 6.83. The van der Waals surface area contributed by atoms with Gasteiger partial charge in [-0.3, -0.25) is 0 Å². The highest BCUT2D eigenvalue weighted by molar-refractivity contribution is 5.51. The molecule has 1 aromatic heterocycles. The van der Waals surface area contributed by atoms with Crippen LogP contribution in [0.5, 0.6) is 11.5 Å². The molecule has 0 N–H and O–H groups in total. The van der Waals surface area contributed by atoms with Crippen LogP contribution in [0.15, 0.2) is 48.8 Å². The molecule has 7 nitrogen and oxygen atoms in total. The first-order valence-corrected chi connectivity index (χ1v) is 6.83. The van der Waals surface area contributed by atoms with E-state index < -0.39 is 0 Å². The summed E-state index contributed by atoms with van der Waals surface area (Å²) in [5, 5.41) is 20.1. The van der Waals surface area contributed by atoms with Crippen molar-refractivity contribution >= 4 is 0 Å². The number of nitriles is 1. The number of ether oxygens (including phenoxy) is 2. The van der Waals surface area contributed by atoms with Crippen molar-refractivity contribution in [3.8, 4) is 23.3 Å². The Hall–Kier alpha value is -3.40. The lowest BCUT2D eigenvalue weighted by molar-refractivity contribution is 0.304. The Labute approximate surface area is 132 Å². The molecule has 0 aliphatic heterocycles. The van der Waals surface area contributed by atoms with Crippen LogP contribution in [-0.4, -0.2) is 27.3 Å². The molecule has 3 aromatic rings. The molecule has 0 atom stereocenters. The third-order valence-corrected chi connectivity index (χ3v) is 3.24. The van der Waals surface area contributed by atoms with Crippen LogP contribution in [0.2, 0.25) is 0 Å². The molecule has 0 unspecified atom stereocenters. The molecule has 0 amide bonds. The van der Waals surface area contributed by atoms with Crippen LogP contribution in [0.25, 0.3) is 5.69 Å². The van der Waals surface area contributed by atoms with E-state index in [0.29, 0.717) is 23.6 Å². The number of nitrogens with zero attached hydrogens (tertiary/aromatic N) is 5. The van der Waals surface area contributed by atoms with Gasteiger partial charge in [-0.2, -0.15) is 9.94 Å². The number of hydrogen-bond acceptors (Lipinski definition) is 6. The van der Waals surface area contributed by atoms with E-state index in [4.69, 9.17) is 14.7 Å². The molecule has 0 saturated carbocycles. The summed E-state index contributed by atoms with van der Waals surface area (Å²) >= 11 is 0. The third-order valence-electron chi connectivity index (χ3n) is 3.24. The summed E-state index contributed by atoms with van der Waals surface area (Å²) in [6, 6.07) is 14.8. The quantitative estimate of drug-likeness (QED) is 0.717. The Morgan fingerprint density at radius 2 is 2.00 bits per heavy atom. The predicted octanol–water partition coefficient (Wildman–Crippen LogP) is 2.12. The summed E-state index contributed by atoms with van der Waals surface area (Å²) in [4.78, 5) is 0. The van der Waals surface area contributed by atoms with E-state index in [1.54, 1.807) is 25.3 Å². The van der Waals surface area contributed by atoms with Crippen molar-refractivity contribution in [2.45, 2.75) is 6.61 Å². The number of rotatable bonds is 5. The highest BCUT2D eigenvalue weighted by atomic mass is 16.5. The molecule has 1 heterocycles. The van der Waals surface area contributed by atoms with E-state index in [1.807, 2.05) is 24.3 Å². The van der Waals surface area contributed by atoms with Gasteiger partial charge in [0.25, 0.3) is 0 Å². The highest BCUT2D eigenvalue weighted by Crippen LogP contribution is 2.24. The molecular weight excluding hydrogens is 294 g/mol. The number of benzene rings is 2. The van der Waals surface area contributed by atoms with Crippen molar-refractivity contribution in [1.29, 1.82) is 5.26 Å². The van der Waals surface area contributed by atoms with Crippen LogP contribution in [0.1, 0.15) is 11.1 Å². The molecule has 0 radical (unpaired) electrons. The topological polar surface area (TPSA) is 85.9 Å². The van der Waals surface area contributed by atoms with Gasteiger partial charge in [0.05, 0.1) is 18.7 Å². The Morgan fingerprint density at radius 3 is 2.65 bits per heavy atom. The highest BCUT2D eigenvalue weighted by Gasteiger charge is 2.09. The van der Waals surface area contributed by atoms with Crippen LogP contribution >= 0.6 is 0 Å². The summed E-state index contributed by atoms with van der Waals surface area (Å²) in [6.07, 6.45) is 1.46. The second kappa shape index (κ2) is 6.58. The van der Waals surface area contributed by atoms with Gasteiger partial charge < -0.3 is 9.47 Å². The van der Waals surface area contributed by atoms with Crippen molar-refractivity contribution in [3.05, 3.63) is 59.9 Å². The van der Waals surface area contributed by atoms with Crippen molar-refractivity contribution in [1.82, 2.24) is 20.2 Å². The lowest BCUT2D eigenvalue weighted by atomic mass is 10.2. The van der Waals surface area contributed by atoms with Gasteiger partial charge >= 0.3 is 0 Å². The van der Waals surface area contributed by atoms with E-state index in [0.717, 1.165) is 11.3 Å². The zero-order valence-corrected chi connectivity index (χ0v) is 12.4. The molecule has 0 spiro atoms. The maximum Gasteiger partial charge on any atom is 0.145 e. The lowest BCUT2D eigenvalue weighted by Crippen LogP contribution is -2.03.